The zero-order chi connectivity index (χ0) is 23.7. The van der Waals surface area contributed by atoms with Crippen molar-refractivity contribution in [2.24, 2.45) is 5.73 Å². The Morgan fingerprint density at radius 1 is 0.912 bits per heavy atom. The maximum Gasteiger partial charge on any atom is 0.253 e. The van der Waals surface area contributed by atoms with E-state index in [1.165, 1.54) is 0 Å². The van der Waals surface area contributed by atoms with Crippen LogP contribution in [0.2, 0.25) is 0 Å². The molecule has 0 bridgehead atoms. The summed E-state index contributed by atoms with van der Waals surface area (Å²) in [5.41, 5.74) is 8.05. The molecule has 1 saturated heterocycles. The first-order valence-corrected chi connectivity index (χ1v) is 11.1. The Bertz CT molecular complexity index is 1360. The molecular weight excluding hydrogens is 428 g/mol. The van der Waals surface area contributed by atoms with Gasteiger partial charge in [0, 0.05) is 65.5 Å². The van der Waals surface area contributed by atoms with E-state index in [1.54, 1.807) is 24.5 Å². The van der Waals surface area contributed by atoms with Gasteiger partial charge in [0.25, 0.3) is 5.91 Å². The smallest absolute Gasteiger partial charge is 0.253 e. The van der Waals surface area contributed by atoms with Crippen molar-refractivity contribution in [1.29, 1.82) is 0 Å². The summed E-state index contributed by atoms with van der Waals surface area (Å²) in [5.74, 6) is 0.320. The summed E-state index contributed by atoms with van der Waals surface area (Å²) in [6.07, 6.45) is 3.53. The van der Waals surface area contributed by atoms with Crippen molar-refractivity contribution in [3.05, 3.63) is 84.2 Å². The molecule has 1 atom stereocenters. The third-order valence-electron chi connectivity index (χ3n) is 6.21. The Hall–Kier alpha value is -4.33. The van der Waals surface area contributed by atoms with Crippen LogP contribution >= 0.6 is 0 Å². The Labute approximate surface area is 197 Å². The van der Waals surface area contributed by atoms with Crippen LogP contribution in [-0.2, 0) is 0 Å². The first kappa shape index (κ1) is 21.5. The molecule has 1 aliphatic heterocycles. The third-order valence-corrected chi connectivity index (χ3v) is 6.21. The number of primary amides is 1. The van der Waals surface area contributed by atoms with Crippen LogP contribution in [0.1, 0.15) is 27.6 Å². The summed E-state index contributed by atoms with van der Waals surface area (Å²) in [7, 11) is 0. The van der Waals surface area contributed by atoms with Gasteiger partial charge in [-0.05, 0) is 37.3 Å². The van der Waals surface area contributed by atoms with Gasteiger partial charge in [-0.15, -0.1) is 10.2 Å². The third kappa shape index (κ3) is 3.94. The number of aromatic nitrogens is 3. The van der Waals surface area contributed by atoms with Crippen molar-refractivity contribution in [2.75, 3.05) is 24.5 Å². The highest BCUT2D eigenvalue weighted by molar-refractivity contribution is 6.00. The molecule has 0 radical (unpaired) electrons. The van der Waals surface area contributed by atoms with Crippen molar-refractivity contribution in [1.82, 2.24) is 20.1 Å². The number of rotatable bonds is 4. The van der Waals surface area contributed by atoms with E-state index in [1.807, 2.05) is 53.4 Å². The van der Waals surface area contributed by atoms with Crippen molar-refractivity contribution in [3.8, 4) is 11.3 Å². The lowest BCUT2D eigenvalue weighted by atomic mass is 10.0. The number of nitrogens with two attached hydrogens (primary N) is 1. The molecule has 3 heterocycles. The normalized spacial score (nSPS) is 16.0. The summed E-state index contributed by atoms with van der Waals surface area (Å²) in [5, 5.41) is 10.9. The molecule has 2 aromatic heterocycles. The number of fused-ring (bicyclic) bond motifs is 1. The summed E-state index contributed by atoms with van der Waals surface area (Å²) in [4.78, 5) is 32.7. The van der Waals surface area contributed by atoms with Gasteiger partial charge in [-0.25, -0.2) is 0 Å². The van der Waals surface area contributed by atoms with E-state index in [0.29, 0.717) is 36.5 Å². The predicted molar refractivity (Wildman–Crippen MR) is 130 cm³/mol. The maximum absolute atomic E-state index is 12.9. The van der Waals surface area contributed by atoms with E-state index in [9.17, 15) is 9.59 Å². The van der Waals surface area contributed by atoms with Crippen LogP contribution in [0.4, 0.5) is 5.82 Å². The minimum Gasteiger partial charge on any atom is -0.366 e. The molecular formula is C26H24N6O2. The van der Waals surface area contributed by atoms with Crippen LogP contribution in [-0.4, -0.2) is 57.6 Å². The lowest BCUT2D eigenvalue weighted by molar-refractivity contribution is 0.0726. The van der Waals surface area contributed by atoms with Gasteiger partial charge in [-0.3, -0.25) is 14.6 Å². The second-order valence-electron chi connectivity index (χ2n) is 8.39. The fourth-order valence-electron chi connectivity index (χ4n) is 4.42. The molecule has 170 valence electrons. The molecule has 8 nitrogen and oxygen atoms in total. The second kappa shape index (κ2) is 8.90. The summed E-state index contributed by atoms with van der Waals surface area (Å²) >= 11 is 0. The van der Waals surface area contributed by atoms with Crippen LogP contribution in [0.15, 0.2) is 73.1 Å². The van der Waals surface area contributed by atoms with Crippen molar-refractivity contribution < 1.29 is 9.59 Å². The highest BCUT2D eigenvalue weighted by Gasteiger charge is 2.29. The first-order chi connectivity index (χ1) is 16.5. The number of nitrogens with zero attached hydrogens (tertiary/aromatic N) is 5. The number of hydrogen-bond donors (Lipinski definition) is 1. The number of carbonyl (C=O) groups excluding carboxylic acids is 2. The number of amides is 2. The zero-order valence-corrected chi connectivity index (χ0v) is 18.8. The number of pyridine rings is 1. The van der Waals surface area contributed by atoms with Gasteiger partial charge < -0.3 is 15.5 Å². The Kier molecular flexibility index (Phi) is 5.63. The summed E-state index contributed by atoms with van der Waals surface area (Å²) < 4.78 is 0. The van der Waals surface area contributed by atoms with Crippen LogP contribution in [0.3, 0.4) is 0 Å². The fraction of sp³-hybridized carbons (Fsp3) is 0.192. The average molecular weight is 453 g/mol. The number of piperazine rings is 1. The van der Waals surface area contributed by atoms with Gasteiger partial charge >= 0.3 is 0 Å². The minimum atomic E-state index is -0.471. The van der Waals surface area contributed by atoms with Crippen LogP contribution < -0.4 is 10.6 Å². The Morgan fingerprint density at radius 2 is 1.68 bits per heavy atom. The van der Waals surface area contributed by atoms with Crippen molar-refractivity contribution >= 4 is 28.4 Å². The minimum absolute atomic E-state index is 0.0412. The van der Waals surface area contributed by atoms with Gasteiger partial charge in [0.1, 0.15) is 5.69 Å². The van der Waals surface area contributed by atoms with Gasteiger partial charge in [0.05, 0.1) is 0 Å². The van der Waals surface area contributed by atoms with Crippen molar-refractivity contribution in [2.45, 2.75) is 13.0 Å². The van der Waals surface area contributed by atoms with Crippen molar-refractivity contribution in [3.63, 3.8) is 0 Å². The zero-order valence-electron chi connectivity index (χ0n) is 18.8. The Balaban J connectivity index is 1.44. The quantitative estimate of drug-likeness (QED) is 0.510. The molecule has 0 aliphatic carbocycles. The van der Waals surface area contributed by atoms with Gasteiger partial charge in [-0.1, -0.05) is 30.3 Å². The van der Waals surface area contributed by atoms with Crippen LogP contribution in [0, 0.1) is 0 Å². The van der Waals surface area contributed by atoms with Gasteiger partial charge in [0.15, 0.2) is 5.82 Å². The molecule has 0 saturated carbocycles. The number of carbonyl (C=O) groups is 2. The molecule has 2 N–H and O–H groups in total. The van der Waals surface area contributed by atoms with Crippen LogP contribution in [0.5, 0.6) is 0 Å². The lowest BCUT2D eigenvalue weighted by Gasteiger charge is -2.40. The first-order valence-electron chi connectivity index (χ1n) is 11.1. The molecule has 5 rings (SSSR count). The van der Waals surface area contributed by atoms with E-state index >= 15 is 0 Å². The molecule has 1 fully saturated rings. The molecule has 2 amide bonds. The SMILES string of the molecule is C[C@@H]1CN(C(=O)c2ccccc2)CCN1c1nnc(-c2ccc(C(N)=O)cc2)c2ccncc12. The average Bonchev–Trinajstić information content (AvgIpc) is 2.88. The highest BCUT2D eigenvalue weighted by Crippen LogP contribution is 2.32. The lowest BCUT2D eigenvalue weighted by Crippen LogP contribution is -2.54. The second-order valence-corrected chi connectivity index (χ2v) is 8.39. The monoisotopic (exact) mass is 452 g/mol. The molecule has 0 unspecified atom stereocenters. The van der Waals surface area contributed by atoms with E-state index in [-0.39, 0.29) is 11.9 Å². The standard InChI is InChI=1S/C26H24N6O2/c1-17-16-31(26(34)20-5-3-2-4-6-20)13-14-32(17)25-22-15-28-12-11-21(22)23(29-30-25)18-7-9-19(10-8-18)24(27)33/h2-12,15,17H,13-14,16H2,1H3,(H2,27,33)/t17-/m1/s1. The summed E-state index contributed by atoms with van der Waals surface area (Å²) in [6.45, 7) is 3.92. The van der Waals surface area contributed by atoms with E-state index in [4.69, 9.17) is 5.73 Å². The maximum atomic E-state index is 12.9. The largest absolute Gasteiger partial charge is 0.366 e. The molecule has 34 heavy (non-hydrogen) atoms. The number of anilines is 1. The van der Waals surface area contributed by atoms with E-state index in [2.05, 4.69) is 27.0 Å². The van der Waals surface area contributed by atoms with Crippen LogP contribution in [0.25, 0.3) is 22.0 Å². The van der Waals surface area contributed by atoms with Gasteiger partial charge in [-0.2, -0.15) is 0 Å². The molecule has 0 spiro atoms. The molecule has 1 aliphatic rings. The highest BCUT2D eigenvalue weighted by atomic mass is 16.2. The summed E-state index contributed by atoms with van der Waals surface area (Å²) in [6, 6.07) is 18.3. The van der Waals surface area contributed by atoms with E-state index < -0.39 is 5.91 Å². The predicted octanol–water partition coefficient (Wildman–Crippen LogP) is 3.14. The fourth-order valence-corrected chi connectivity index (χ4v) is 4.42. The van der Waals surface area contributed by atoms with E-state index in [0.717, 1.165) is 22.2 Å². The topological polar surface area (TPSA) is 105 Å². The molecule has 2 aromatic carbocycles. The Morgan fingerprint density at radius 3 is 2.38 bits per heavy atom. The van der Waals surface area contributed by atoms with Gasteiger partial charge in [0.2, 0.25) is 5.91 Å². The number of hydrogen-bond acceptors (Lipinski definition) is 6. The molecule has 4 aromatic rings. The number of benzene rings is 2. The molecule has 8 heteroatoms.